The maximum absolute atomic E-state index is 13.0. The number of hydrogen-bond acceptors (Lipinski definition) is 3. The molecule has 1 fully saturated rings. The quantitative estimate of drug-likeness (QED) is 0.837. The van der Waals surface area contributed by atoms with Crippen molar-refractivity contribution >= 4 is 23.2 Å². The Morgan fingerprint density at radius 1 is 1.08 bits per heavy atom. The first-order valence-electron chi connectivity index (χ1n) is 8.77. The second-order valence-electron chi connectivity index (χ2n) is 6.93. The highest BCUT2D eigenvalue weighted by molar-refractivity contribution is 6.40. The molecular weight excluding hydrogens is 302 g/mol. The van der Waals surface area contributed by atoms with Crippen LogP contribution in [0, 0.1) is 6.92 Å². The summed E-state index contributed by atoms with van der Waals surface area (Å²) in [5, 5.41) is 5.80. The number of amides is 2. The largest absolute Gasteiger partial charge is 0.332 e. The number of hydrazone groups is 1. The Bertz CT molecular complexity index is 656. The van der Waals surface area contributed by atoms with Gasteiger partial charge in [0.2, 0.25) is 5.91 Å². The highest BCUT2D eigenvalue weighted by Crippen LogP contribution is 2.26. The lowest BCUT2D eigenvalue weighted by molar-refractivity contribution is -0.130. The van der Waals surface area contributed by atoms with Crippen LogP contribution in [0.5, 0.6) is 0 Å². The summed E-state index contributed by atoms with van der Waals surface area (Å²) in [6.45, 7) is 6.19. The molecular formula is C19H25N3O2. The van der Waals surface area contributed by atoms with Gasteiger partial charge < -0.3 is 4.90 Å². The first kappa shape index (κ1) is 16.7. The van der Waals surface area contributed by atoms with Crippen LogP contribution in [-0.2, 0) is 9.59 Å². The molecule has 5 nitrogen and oxygen atoms in total. The van der Waals surface area contributed by atoms with Crippen molar-refractivity contribution in [2.45, 2.75) is 65.0 Å². The normalized spacial score (nSPS) is 24.8. The maximum atomic E-state index is 13.0. The minimum Gasteiger partial charge on any atom is -0.332 e. The monoisotopic (exact) mass is 327 g/mol. The van der Waals surface area contributed by atoms with Gasteiger partial charge in [-0.15, -0.1) is 0 Å². The van der Waals surface area contributed by atoms with Crippen molar-refractivity contribution < 1.29 is 9.59 Å². The molecule has 0 bridgehead atoms. The van der Waals surface area contributed by atoms with E-state index >= 15 is 0 Å². The first-order valence-corrected chi connectivity index (χ1v) is 8.77. The number of aryl methyl sites for hydroxylation is 1. The van der Waals surface area contributed by atoms with Crippen LogP contribution in [0.3, 0.4) is 0 Å². The standard InChI is InChI=1S/C19H25N3O2/c1-13-7-9-16(10-8-13)22-18(23)12-11-17(20-22)19(24)21-14(2)5-4-6-15(21)3/h7-10,14-15H,4-6,11-12H2,1-3H3/t14-,15+. The van der Waals surface area contributed by atoms with E-state index in [1.807, 2.05) is 36.1 Å². The fourth-order valence-electron chi connectivity index (χ4n) is 3.57. The van der Waals surface area contributed by atoms with E-state index in [0.29, 0.717) is 18.6 Å². The average Bonchev–Trinajstić information content (AvgIpc) is 2.56. The molecule has 0 saturated carbocycles. The van der Waals surface area contributed by atoms with Crippen LogP contribution < -0.4 is 5.01 Å². The van der Waals surface area contributed by atoms with Crippen LogP contribution in [0.25, 0.3) is 0 Å². The molecule has 2 amide bonds. The molecule has 24 heavy (non-hydrogen) atoms. The highest BCUT2D eigenvalue weighted by atomic mass is 16.2. The molecule has 3 rings (SSSR count). The lowest BCUT2D eigenvalue weighted by atomic mass is 9.96. The van der Waals surface area contributed by atoms with Crippen molar-refractivity contribution in [2.24, 2.45) is 5.10 Å². The van der Waals surface area contributed by atoms with E-state index in [2.05, 4.69) is 18.9 Å². The number of nitrogens with zero attached hydrogens (tertiary/aromatic N) is 3. The average molecular weight is 327 g/mol. The van der Waals surface area contributed by atoms with E-state index in [1.54, 1.807) is 0 Å². The summed E-state index contributed by atoms with van der Waals surface area (Å²) >= 11 is 0. The van der Waals surface area contributed by atoms with Crippen molar-refractivity contribution in [2.75, 3.05) is 5.01 Å². The molecule has 1 aromatic carbocycles. The molecule has 5 heteroatoms. The molecule has 0 spiro atoms. The molecule has 2 heterocycles. The van der Waals surface area contributed by atoms with Crippen LogP contribution in [0.4, 0.5) is 5.69 Å². The van der Waals surface area contributed by atoms with Gasteiger partial charge in [0.25, 0.3) is 5.91 Å². The van der Waals surface area contributed by atoms with Gasteiger partial charge in [0.1, 0.15) is 5.71 Å². The summed E-state index contributed by atoms with van der Waals surface area (Å²) in [7, 11) is 0. The van der Waals surface area contributed by atoms with Gasteiger partial charge in [-0.05, 0) is 52.2 Å². The summed E-state index contributed by atoms with van der Waals surface area (Å²) < 4.78 is 0. The van der Waals surface area contributed by atoms with Gasteiger partial charge in [-0.1, -0.05) is 17.7 Å². The Labute approximate surface area is 143 Å². The van der Waals surface area contributed by atoms with E-state index < -0.39 is 0 Å². The van der Waals surface area contributed by atoms with Gasteiger partial charge >= 0.3 is 0 Å². The molecule has 0 N–H and O–H groups in total. The second kappa shape index (κ2) is 6.75. The van der Waals surface area contributed by atoms with E-state index in [9.17, 15) is 9.59 Å². The van der Waals surface area contributed by atoms with Gasteiger partial charge in [-0.2, -0.15) is 5.10 Å². The number of carbonyl (C=O) groups excluding carboxylic acids is 2. The van der Waals surface area contributed by atoms with Crippen molar-refractivity contribution in [1.82, 2.24) is 4.90 Å². The van der Waals surface area contributed by atoms with Crippen molar-refractivity contribution in [3.63, 3.8) is 0 Å². The third kappa shape index (κ3) is 3.21. The Morgan fingerprint density at radius 3 is 2.33 bits per heavy atom. The minimum absolute atomic E-state index is 0.0145. The zero-order valence-corrected chi connectivity index (χ0v) is 14.7. The van der Waals surface area contributed by atoms with Crippen LogP contribution >= 0.6 is 0 Å². The fourth-order valence-corrected chi connectivity index (χ4v) is 3.57. The van der Waals surface area contributed by atoms with Crippen molar-refractivity contribution in [3.8, 4) is 0 Å². The lowest BCUT2D eigenvalue weighted by Gasteiger charge is -2.39. The highest BCUT2D eigenvalue weighted by Gasteiger charge is 2.34. The van der Waals surface area contributed by atoms with E-state index in [4.69, 9.17) is 0 Å². The number of rotatable bonds is 2. The number of likely N-dealkylation sites (tertiary alicyclic amines) is 1. The SMILES string of the molecule is Cc1ccc(N2N=C(C(=O)N3[C@H](C)CCC[C@@H]3C)CCC2=O)cc1. The van der Waals surface area contributed by atoms with Crippen LogP contribution in [0.15, 0.2) is 29.4 Å². The summed E-state index contributed by atoms with van der Waals surface area (Å²) in [5.41, 5.74) is 2.34. The molecule has 2 atom stereocenters. The third-order valence-electron chi connectivity index (χ3n) is 4.99. The summed E-state index contributed by atoms with van der Waals surface area (Å²) in [5.74, 6) is -0.0746. The zero-order chi connectivity index (χ0) is 17.3. The number of hydrogen-bond donors (Lipinski definition) is 0. The molecule has 1 aromatic rings. The van der Waals surface area contributed by atoms with Crippen LogP contribution in [-0.4, -0.2) is 34.5 Å². The molecule has 0 aliphatic carbocycles. The predicted molar refractivity (Wildman–Crippen MR) is 95.0 cm³/mol. The summed E-state index contributed by atoms with van der Waals surface area (Å²) in [6, 6.07) is 8.10. The predicted octanol–water partition coefficient (Wildman–Crippen LogP) is 3.27. The van der Waals surface area contributed by atoms with E-state index in [-0.39, 0.29) is 23.9 Å². The van der Waals surface area contributed by atoms with Gasteiger partial charge in [-0.25, -0.2) is 5.01 Å². The van der Waals surface area contributed by atoms with E-state index in [1.165, 1.54) is 5.01 Å². The van der Waals surface area contributed by atoms with Crippen molar-refractivity contribution in [3.05, 3.63) is 29.8 Å². The Kier molecular flexibility index (Phi) is 4.69. The molecule has 128 valence electrons. The van der Waals surface area contributed by atoms with E-state index in [0.717, 1.165) is 30.5 Å². The van der Waals surface area contributed by atoms with Gasteiger partial charge in [0, 0.05) is 24.9 Å². The van der Waals surface area contributed by atoms with Crippen molar-refractivity contribution in [1.29, 1.82) is 0 Å². The molecule has 0 radical (unpaired) electrons. The summed E-state index contributed by atoms with van der Waals surface area (Å²) in [6.07, 6.45) is 3.98. The van der Waals surface area contributed by atoms with Gasteiger partial charge in [0.05, 0.1) is 5.69 Å². The Hall–Kier alpha value is -2.17. The smallest absolute Gasteiger partial charge is 0.270 e. The number of carbonyl (C=O) groups is 2. The number of piperidine rings is 1. The second-order valence-corrected chi connectivity index (χ2v) is 6.93. The Balaban J connectivity index is 1.87. The van der Waals surface area contributed by atoms with Crippen LogP contribution in [0.2, 0.25) is 0 Å². The zero-order valence-electron chi connectivity index (χ0n) is 14.7. The molecule has 2 aliphatic rings. The molecule has 2 aliphatic heterocycles. The summed E-state index contributed by atoms with van der Waals surface area (Å²) in [4.78, 5) is 27.2. The lowest BCUT2D eigenvalue weighted by Crippen LogP contribution is -2.51. The van der Waals surface area contributed by atoms with Gasteiger partial charge in [0.15, 0.2) is 0 Å². The molecule has 0 unspecified atom stereocenters. The number of benzene rings is 1. The topological polar surface area (TPSA) is 53.0 Å². The fraction of sp³-hybridized carbons (Fsp3) is 0.526. The Morgan fingerprint density at radius 2 is 1.71 bits per heavy atom. The minimum atomic E-state index is -0.0601. The first-order chi connectivity index (χ1) is 11.5. The third-order valence-corrected chi connectivity index (χ3v) is 4.99. The van der Waals surface area contributed by atoms with Crippen LogP contribution in [0.1, 0.15) is 51.5 Å². The maximum Gasteiger partial charge on any atom is 0.270 e. The molecule has 1 saturated heterocycles. The van der Waals surface area contributed by atoms with Gasteiger partial charge in [-0.3, -0.25) is 9.59 Å². The number of anilines is 1. The molecule has 0 aromatic heterocycles.